The predicted molar refractivity (Wildman–Crippen MR) is 104 cm³/mol. The Morgan fingerprint density at radius 1 is 0.960 bits per heavy atom. The molecule has 0 spiro atoms. The van der Waals surface area contributed by atoms with E-state index in [1.807, 2.05) is 31.3 Å². The third kappa shape index (κ3) is 4.91. The van der Waals surface area contributed by atoms with Crippen molar-refractivity contribution in [3.05, 3.63) is 53.6 Å². The van der Waals surface area contributed by atoms with E-state index in [1.165, 1.54) is 43.2 Å². The van der Waals surface area contributed by atoms with Gasteiger partial charge in [-0.15, -0.1) is 0 Å². The van der Waals surface area contributed by atoms with Gasteiger partial charge in [0.25, 0.3) is 0 Å². The van der Waals surface area contributed by atoms with Crippen LogP contribution in [0.25, 0.3) is 0 Å². The van der Waals surface area contributed by atoms with Crippen molar-refractivity contribution >= 4 is 5.69 Å². The molecule has 3 nitrogen and oxygen atoms in total. The van der Waals surface area contributed by atoms with Crippen molar-refractivity contribution < 1.29 is 9.47 Å². The molecule has 0 unspecified atom stereocenters. The molecule has 134 valence electrons. The van der Waals surface area contributed by atoms with Crippen molar-refractivity contribution in [2.24, 2.45) is 5.92 Å². The zero-order valence-electron chi connectivity index (χ0n) is 15.4. The maximum Gasteiger partial charge on any atom is 0.123 e. The molecule has 0 amide bonds. The number of rotatable bonds is 7. The molecule has 2 aromatic rings. The van der Waals surface area contributed by atoms with Gasteiger partial charge in [-0.2, -0.15) is 0 Å². The number of ether oxygens (including phenoxy) is 2. The van der Waals surface area contributed by atoms with Gasteiger partial charge < -0.3 is 14.8 Å². The van der Waals surface area contributed by atoms with Crippen LogP contribution in [0.3, 0.4) is 0 Å². The monoisotopic (exact) mass is 339 g/mol. The highest BCUT2D eigenvalue weighted by atomic mass is 16.5. The lowest BCUT2D eigenvalue weighted by Gasteiger charge is -2.21. The van der Waals surface area contributed by atoms with Crippen molar-refractivity contribution in [3.63, 3.8) is 0 Å². The molecule has 0 aliphatic heterocycles. The fourth-order valence-electron chi connectivity index (χ4n) is 3.51. The predicted octanol–water partition coefficient (Wildman–Crippen LogP) is 5.57. The Morgan fingerprint density at radius 3 is 2.44 bits per heavy atom. The Labute approximate surface area is 151 Å². The lowest BCUT2D eigenvalue weighted by Crippen LogP contribution is -2.15. The summed E-state index contributed by atoms with van der Waals surface area (Å²) in [5.74, 6) is 2.47. The van der Waals surface area contributed by atoms with Crippen LogP contribution in [0.15, 0.2) is 42.5 Å². The first-order valence-electron chi connectivity index (χ1n) is 9.38. The van der Waals surface area contributed by atoms with Gasteiger partial charge in [0, 0.05) is 24.4 Å². The molecule has 2 aromatic carbocycles. The number of benzene rings is 2. The second-order valence-corrected chi connectivity index (χ2v) is 6.93. The van der Waals surface area contributed by atoms with E-state index in [0.29, 0.717) is 12.5 Å². The summed E-state index contributed by atoms with van der Waals surface area (Å²) in [5, 5.41) is 3.24. The van der Waals surface area contributed by atoms with E-state index in [1.54, 1.807) is 0 Å². The van der Waals surface area contributed by atoms with Gasteiger partial charge in [-0.1, -0.05) is 37.5 Å². The zero-order valence-corrected chi connectivity index (χ0v) is 15.4. The lowest BCUT2D eigenvalue weighted by molar-refractivity contribution is 0.207. The standard InChI is InChI=1S/C22H29NO2/c1-17-8-6-13-22(23-2)21(17)16-25-20-12-7-11-19(14-20)24-15-18-9-4-3-5-10-18/h6-8,11-14,18,23H,3-5,9-10,15-16H2,1-2H3. The van der Waals surface area contributed by atoms with Gasteiger partial charge >= 0.3 is 0 Å². The van der Waals surface area contributed by atoms with Crippen molar-refractivity contribution in [2.45, 2.75) is 45.6 Å². The average molecular weight is 339 g/mol. The minimum atomic E-state index is 0.551. The summed E-state index contributed by atoms with van der Waals surface area (Å²) in [6, 6.07) is 14.3. The summed E-state index contributed by atoms with van der Waals surface area (Å²) in [7, 11) is 1.94. The summed E-state index contributed by atoms with van der Waals surface area (Å²) in [5.41, 5.74) is 3.54. The molecule has 0 atom stereocenters. The van der Waals surface area contributed by atoms with Crippen LogP contribution < -0.4 is 14.8 Å². The Hall–Kier alpha value is -2.16. The van der Waals surface area contributed by atoms with E-state index in [9.17, 15) is 0 Å². The quantitative estimate of drug-likeness (QED) is 0.715. The molecule has 1 aliphatic carbocycles. The van der Waals surface area contributed by atoms with Crippen LogP contribution in [-0.2, 0) is 6.61 Å². The smallest absolute Gasteiger partial charge is 0.123 e. The highest BCUT2D eigenvalue weighted by Gasteiger charge is 2.14. The summed E-state index contributed by atoms with van der Waals surface area (Å²) < 4.78 is 12.0. The largest absolute Gasteiger partial charge is 0.493 e. The first kappa shape index (κ1) is 17.7. The fraction of sp³-hybridized carbons (Fsp3) is 0.455. The van der Waals surface area contributed by atoms with E-state index < -0.39 is 0 Å². The molecule has 0 aromatic heterocycles. The van der Waals surface area contributed by atoms with Crippen molar-refractivity contribution in [1.82, 2.24) is 0 Å². The van der Waals surface area contributed by atoms with Crippen LogP contribution in [0.1, 0.15) is 43.2 Å². The Morgan fingerprint density at radius 2 is 1.68 bits per heavy atom. The second-order valence-electron chi connectivity index (χ2n) is 6.93. The SMILES string of the molecule is CNc1cccc(C)c1COc1cccc(OCC2CCCCC2)c1. The molecular formula is C22H29NO2. The Bertz CT molecular complexity index is 677. The molecule has 3 rings (SSSR count). The van der Waals surface area contributed by atoms with E-state index in [-0.39, 0.29) is 0 Å². The third-order valence-corrected chi connectivity index (χ3v) is 5.08. The molecule has 1 N–H and O–H groups in total. The van der Waals surface area contributed by atoms with Crippen LogP contribution >= 0.6 is 0 Å². The molecule has 1 saturated carbocycles. The number of hydrogen-bond donors (Lipinski definition) is 1. The average Bonchev–Trinajstić information content (AvgIpc) is 2.66. The Balaban J connectivity index is 1.58. The number of anilines is 1. The number of aryl methyl sites for hydroxylation is 1. The van der Waals surface area contributed by atoms with Crippen LogP contribution in [0.4, 0.5) is 5.69 Å². The van der Waals surface area contributed by atoms with Gasteiger partial charge in [0.05, 0.1) is 6.61 Å². The van der Waals surface area contributed by atoms with Crippen LogP contribution in [0.5, 0.6) is 11.5 Å². The van der Waals surface area contributed by atoms with E-state index in [2.05, 4.69) is 30.4 Å². The summed E-state index contributed by atoms with van der Waals surface area (Å²) in [6.45, 7) is 3.49. The highest BCUT2D eigenvalue weighted by Crippen LogP contribution is 2.27. The van der Waals surface area contributed by atoms with E-state index in [4.69, 9.17) is 9.47 Å². The molecule has 0 heterocycles. The molecular weight excluding hydrogens is 310 g/mol. The van der Waals surface area contributed by atoms with Gasteiger partial charge in [-0.05, 0) is 49.4 Å². The summed E-state index contributed by atoms with van der Waals surface area (Å²) >= 11 is 0. The number of nitrogens with one attached hydrogen (secondary N) is 1. The van der Waals surface area contributed by atoms with Crippen LogP contribution in [0.2, 0.25) is 0 Å². The lowest BCUT2D eigenvalue weighted by atomic mass is 9.90. The maximum absolute atomic E-state index is 6.03. The van der Waals surface area contributed by atoms with Crippen molar-refractivity contribution in [2.75, 3.05) is 19.0 Å². The van der Waals surface area contributed by atoms with Gasteiger partial charge in [0.15, 0.2) is 0 Å². The van der Waals surface area contributed by atoms with Gasteiger partial charge in [-0.25, -0.2) is 0 Å². The number of hydrogen-bond acceptors (Lipinski definition) is 3. The van der Waals surface area contributed by atoms with Gasteiger partial charge in [0.1, 0.15) is 18.1 Å². The molecule has 0 saturated heterocycles. The molecule has 1 aliphatic rings. The van der Waals surface area contributed by atoms with Gasteiger partial charge in [-0.3, -0.25) is 0 Å². The van der Waals surface area contributed by atoms with E-state index >= 15 is 0 Å². The molecule has 0 bridgehead atoms. The topological polar surface area (TPSA) is 30.5 Å². The maximum atomic E-state index is 6.03. The summed E-state index contributed by atoms with van der Waals surface area (Å²) in [4.78, 5) is 0. The fourth-order valence-corrected chi connectivity index (χ4v) is 3.51. The summed E-state index contributed by atoms with van der Waals surface area (Å²) in [6.07, 6.45) is 6.68. The molecule has 25 heavy (non-hydrogen) atoms. The highest BCUT2D eigenvalue weighted by molar-refractivity contribution is 5.54. The first-order valence-corrected chi connectivity index (χ1v) is 9.38. The van der Waals surface area contributed by atoms with Crippen molar-refractivity contribution in [3.8, 4) is 11.5 Å². The van der Waals surface area contributed by atoms with E-state index in [0.717, 1.165) is 23.8 Å². The molecule has 1 fully saturated rings. The van der Waals surface area contributed by atoms with Crippen molar-refractivity contribution in [1.29, 1.82) is 0 Å². The Kier molecular flexibility index (Phi) is 6.21. The molecule has 0 radical (unpaired) electrons. The first-order chi connectivity index (χ1) is 12.3. The zero-order chi connectivity index (χ0) is 17.5. The minimum Gasteiger partial charge on any atom is -0.493 e. The van der Waals surface area contributed by atoms with Gasteiger partial charge in [0.2, 0.25) is 0 Å². The molecule has 3 heteroatoms. The minimum absolute atomic E-state index is 0.551. The van der Waals surface area contributed by atoms with Crippen LogP contribution in [0, 0.1) is 12.8 Å². The second kappa shape index (κ2) is 8.80. The van der Waals surface area contributed by atoms with Crippen LogP contribution in [-0.4, -0.2) is 13.7 Å². The normalized spacial score (nSPS) is 15.0. The third-order valence-electron chi connectivity index (χ3n) is 5.08.